The first-order valence-corrected chi connectivity index (χ1v) is 8.56. The van der Waals surface area contributed by atoms with Gasteiger partial charge in [-0.15, -0.1) is 0 Å². The summed E-state index contributed by atoms with van der Waals surface area (Å²) in [5, 5.41) is 3.46. The van der Waals surface area contributed by atoms with Gasteiger partial charge in [0.05, 0.1) is 13.5 Å². The van der Waals surface area contributed by atoms with E-state index >= 15 is 0 Å². The number of anilines is 1. The lowest BCUT2D eigenvalue weighted by Gasteiger charge is -2.13. The quantitative estimate of drug-likeness (QED) is 0.471. The molecule has 1 aromatic carbocycles. The second-order valence-corrected chi connectivity index (χ2v) is 6.08. The highest BCUT2D eigenvalue weighted by molar-refractivity contribution is 5.75. The molecule has 0 heterocycles. The Kier molecular flexibility index (Phi) is 9.36. The molecule has 22 heavy (non-hydrogen) atoms. The number of methoxy groups -OCH3 is 1. The molecule has 0 spiro atoms. The van der Waals surface area contributed by atoms with Crippen LogP contribution in [0.1, 0.15) is 57.9 Å². The van der Waals surface area contributed by atoms with Gasteiger partial charge in [0.1, 0.15) is 0 Å². The minimum Gasteiger partial charge on any atom is -0.469 e. The summed E-state index contributed by atoms with van der Waals surface area (Å²) >= 11 is 0. The minimum atomic E-state index is -0.196. The Morgan fingerprint density at radius 3 is 2.64 bits per heavy atom. The molecule has 0 aromatic heterocycles. The molecule has 1 unspecified atom stereocenters. The van der Waals surface area contributed by atoms with E-state index in [4.69, 9.17) is 4.74 Å². The number of esters is 1. The van der Waals surface area contributed by atoms with Crippen LogP contribution >= 0.6 is 0 Å². The Balaban J connectivity index is 2.31. The SMILES string of the molecule is CCCCCC(C)CCCNc1ccccc1CC(=O)OC. The predicted octanol–water partition coefficient (Wildman–Crippen LogP) is 4.81. The van der Waals surface area contributed by atoms with E-state index in [2.05, 4.69) is 19.2 Å². The number of nitrogens with one attached hydrogen (secondary N) is 1. The van der Waals surface area contributed by atoms with Crippen LogP contribution in [0.2, 0.25) is 0 Å². The summed E-state index contributed by atoms with van der Waals surface area (Å²) in [6.45, 7) is 5.55. The molecule has 0 aliphatic carbocycles. The molecule has 0 saturated heterocycles. The van der Waals surface area contributed by atoms with E-state index in [0.717, 1.165) is 23.7 Å². The first-order valence-electron chi connectivity index (χ1n) is 8.56. The molecule has 1 atom stereocenters. The molecule has 0 aliphatic rings. The van der Waals surface area contributed by atoms with Crippen molar-refractivity contribution >= 4 is 11.7 Å². The molecule has 0 saturated carbocycles. The van der Waals surface area contributed by atoms with Gasteiger partial charge in [-0.3, -0.25) is 4.79 Å². The van der Waals surface area contributed by atoms with E-state index in [1.54, 1.807) is 0 Å². The van der Waals surface area contributed by atoms with Gasteiger partial charge >= 0.3 is 5.97 Å². The van der Waals surface area contributed by atoms with Crippen molar-refractivity contribution in [1.82, 2.24) is 0 Å². The van der Waals surface area contributed by atoms with Crippen molar-refractivity contribution in [2.75, 3.05) is 19.0 Å². The van der Waals surface area contributed by atoms with E-state index in [0.29, 0.717) is 6.42 Å². The first-order chi connectivity index (χ1) is 10.7. The van der Waals surface area contributed by atoms with Crippen LogP contribution in [0.25, 0.3) is 0 Å². The molecule has 3 heteroatoms. The maximum absolute atomic E-state index is 11.4. The van der Waals surface area contributed by atoms with Crippen LogP contribution in [0.15, 0.2) is 24.3 Å². The monoisotopic (exact) mass is 305 g/mol. The molecule has 1 N–H and O–H groups in total. The third-order valence-electron chi connectivity index (χ3n) is 4.07. The number of carbonyl (C=O) groups is 1. The zero-order chi connectivity index (χ0) is 16.2. The smallest absolute Gasteiger partial charge is 0.310 e. The summed E-state index contributed by atoms with van der Waals surface area (Å²) in [5.74, 6) is 0.609. The van der Waals surface area contributed by atoms with Gasteiger partial charge in [-0.1, -0.05) is 57.7 Å². The van der Waals surface area contributed by atoms with Gasteiger partial charge in [-0.05, 0) is 30.4 Å². The number of unbranched alkanes of at least 4 members (excludes halogenated alkanes) is 2. The van der Waals surface area contributed by atoms with Crippen molar-refractivity contribution in [2.45, 2.75) is 58.8 Å². The fraction of sp³-hybridized carbons (Fsp3) is 0.632. The summed E-state index contributed by atoms with van der Waals surface area (Å²) in [6, 6.07) is 7.96. The number of hydrogen-bond donors (Lipinski definition) is 1. The van der Waals surface area contributed by atoms with Crippen molar-refractivity contribution in [3.05, 3.63) is 29.8 Å². The summed E-state index contributed by atoms with van der Waals surface area (Å²) < 4.78 is 4.75. The first kappa shape index (κ1) is 18.5. The standard InChI is InChI=1S/C19H31NO2/c1-4-5-6-10-16(2)11-9-14-20-18-13-8-7-12-17(18)15-19(21)22-3/h7-8,12-13,16,20H,4-6,9-11,14-15H2,1-3H3. The Morgan fingerprint density at radius 1 is 1.18 bits per heavy atom. The van der Waals surface area contributed by atoms with Gasteiger partial charge in [0.2, 0.25) is 0 Å². The average molecular weight is 305 g/mol. The molecule has 0 fully saturated rings. The number of para-hydroxylation sites is 1. The van der Waals surface area contributed by atoms with Crippen molar-refractivity contribution in [1.29, 1.82) is 0 Å². The topological polar surface area (TPSA) is 38.3 Å². The predicted molar refractivity (Wildman–Crippen MR) is 93.2 cm³/mol. The largest absolute Gasteiger partial charge is 0.469 e. The molecule has 3 nitrogen and oxygen atoms in total. The van der Waals surface area contributed by atoms with Crippen LogP contribution in [0.5, 0.6) is 0 Å². The van der Waals surface area contributed by atoms with Gasteiger partial charge in [-0.25, -0.2) is 0 Å². The van der Waals surface area contributed by atoms with E-state index in [9.17, 15) is 4.79 Å². The maximum Gasteiger partial charge on any atom is 0.310 e. The van der Waals surface area contributed by atoms with Crippen LogP contribution in [0.4, 0.5) is 5.69 Å². The number of rotatable bonds is 11. The van der Waals surface area contributed by atoms with E-state index in [-0.39, 0.29) is 5.97 Å². The van der Waals surface area contributed by atoms with Gasteiger partial charge in [0, 0.05) is 12.2 Å². The van der Waals surface area contributed by atoms with Crippen LogP contribution in [-0.2, 0) is 16.0 Å². The number of carbonyl (C=O) groups excluding carboxylic acids is 1. The van der Waals surface area contributed by atoms with E-state index in [1.165, 1.54) is 45.6 Å². The van der Waals surface area contributed by atoms with Crippen molar-refractivity contribution in [3.8, 4) is 0 Å². The van der Waals surface area contributed by atoms with Gasteiger partial charge < -0.3 is 10.1 Å². The molecule has 0 bridgehead atoms. The average Bonchev–Trinajstić information content (AvgIpc) is 2.53. The summed E-state index contributed by atoms with van der Waals surface area (Å²) in [7, 11) is 1.43. The van der Waals surface area contributed by atoms with Crippen LogP contribution < -0.4 is 5.32 Å². The summed E-state index contributed by atoms with van der Waals surface area (Å²) in [5.41, 5.74) is 2.05. The number of hydrogen-bond acceptors (Lipinski definition) is 3. The van der Waals surface area contributed by atoms with Gasteiger partial charge in [0.15, 0.2) is 0 Å². The Hall–Kier alpha value is -1.51. The molecule has 0 amide bonds. The fourth-order valence-electron chi connectivity index (χ4n) is 2.64. The highest BCUT2D eigenvalue weighted by atomic mass is 16.5. The molecule has 1 aromatic rings. The maximum atomic E-state index is 11.4. The van der Waals surface area contributed by atoms with Crippen molar-refractivity contribution in [2.24, 2.45) is 5.92 Å². The lowest BCUT2D eigenvalue weighted by atomic mass is 9.98. The van der Waals surface area contributed by atoms with E-state index < -0.39 is 0 Å². The van der Waals surface area contributed by atoms with Crippen LogP contribution in [0, 0.1) is 5.92 Å². The highest BCUT2D eigenvalue weighted by Crippen LogP contribution is 2.18. The zero-order valence-electron chi connectivity index (χ0n) is 14.4. The normalized spacial score (nSPS) is 12.0. The highest BCUT2D eigenvalue weighted by Gasteiger charge is 2.07. The van der Waals surface area contributed by atoms with Gasteiger partial charge in [-0.2, -0.15) is 0 Å². The van der Waals surface area contributed by atoms with Gasteiger partial charge in [0.25, 0.3) is 0 Å². The molecule has 0 radical (unpaired) electrons. The second-order valence-electron chi connectivity index (χ2n) is 6.08. The lowest BCUT2D eigenvalue weighted by molar-refractivity contribution is -0.139. The molecular formula is C19H31NO2. The summed E-state index contributed by atoms with van der Waals surface area (Å²) in [4.78, 5) is 11.4. The van der Waals surface area contributed by atoms with Crippen molar-refractivity contribution in [3.63, 3.8) is 0 Å². The zero-order valence-corrected chi connectivity index (χ0v) is 14.4. The Morgan fingerprint density at radius 2 is 1.91 bits per heavy atom. The molecular weight excluding hydrogens is 274 g/mol. The molecule has 1 rings (SSSR count). The number of benzene rings is 1. The Labute approximate surface area is 135 Å². The summed E-state index contributed by atoms with van der Waals surface area (Å²) in [6.07, 6.45) is 8.09. The van der Waals surface area contributed by atoms with E-state index in [1.807, 2.05) is 24.3 Å². The van der Waals surface area contributed by atoms with Crippen molar-refractivity contribution < 1.29 is 9.53 Å². The second kappa shape index (κ2) is 11.1. The third-order valence-corrected chi connectivity index (χ3v) is 4.07. The van der Waals surface area contributed by atoms with Crippen LogP contribution in [0.3, 0.4) is 0 Å². The minimum absolute atomic E-state index is 0.196. The third kappa shape index (κ3) is 7.48. The fourth-order valence-corrected chi connectivity index (χ4v) is 2.64. The Bertz CT molecular complexity index is 431. The lowest BCUT2D eigenvalue weighted by Crippen LogP contribution is -2.10. The molecule has 124 valence electrons. The van der Waals surface area contributed by atoms with Crippen LogP contribution in [-0.4, -0.2) is 19.6 Å². The molecule has 0 aliphatic heterocycles. The number of ether oxygens (including phenoxy) is 1.